The molecule has 3 rings (SSSR count). The third kappa shape index (κ3) is 4.68. The number of nitrogens with zero attached hydrogens (tertiary/aromatic N) is 2. The van der Waals surface area contributed by atoms with Gasteiger partial charge in [-0.25, -0.2) is 18.1 Å². The van der Waals surface area contributed by atoms with Crippen LogP contribution in [0.4, 0.5) is 0 Å². The SMILES string of the molecule is COc1ccc(Cl)cc1S(=O)(=O)NCCCn1ccnc1-c1ccccc1. The molecule has 0 radical (unpaired) electrons. The number of hydrogen-bond donors (Lipinski definition) is 1. The lowest BCUT2D eigenvalue weighted by Gasteiger charge is -2.12. The lowest BCUT2D eigenvalue weighted by atomic mass is 10.2. The predicted octanol–water partition coefficient (Wildman–Crippen LogP) is 3.58. The smallest absolute Gasteiger partial charge is 0.244 e. The second kappa shape index (κ2) is 8.56. The van der Waals surface area contributed by atoms with Crippen LogP contribution in [0, 0.1) is 0 Å². The molecule has 6 nitrogen and oxygen atoms in total. The van der Waals surface area contributed by atoms with Gasteiger partial charge >= 0.3 is 0 Å². The van der Waals surface area contributed by atoms with Gasteiger partial charge in [-0.3, -0.25) is 0 Å². The van der Waals surface area contributed by atoms with E-state index < -0.39 is 10.0 Å². The first kappa shape index (κ1) is 19.4. The molecule has 1 aromatic heterocycles. The third-order valence-electron chi connectivity index (χ3n) is 4.03. The number of imidazole rings is 1. The molecule has 1 N–H and O–H groups in total. The second-order valence-electron chi connectivity index (χ2n) is 5.86. The number of methoxy groups -OCH3 is 1. The summed E-state index contributed by atoms with van der Waals surface area (Å²) in [6, 6.07) is 14.4. The molecule has 0 aliphatic heterocycles. The zero-order valence-corrected chi connectivity index (χ0v) is 16.4. The average molecular weight is 406 g/mol. The maximum absolute atomic E-state index is 12.5. The Bertz CT molecular complexity index is 1000. The molecule has 0 saturated carbocycles. The van der Waals surface area contributed by atoms with E-state index in [0.29, 0.717) is 18.0 Å². The largest absolute Gasteiger partial charge is 0.495 e. The van der Waals surface area contributed by atoms with Gasteiger partial charge in [-0.1, -0.05) is 41.9 Å². The van der Waals surface area contributed by atoms with Crippen molar-refractivity contribution in [2.45, 2.75) is 17.9 Å². The molecule has 1 heterocycles. The number of hydrogen-bond acceptors (Lipinski definition) is 4. The van der Waals surface area contributed by atoms with Crippen molar-refractivity contribution < 1.29 is 13.2 Å². The molecule has 0 aliphatic carbocycles. The Kier molecular flexibility index (Phi) is 6.15. The number of rotatable bonds is 8. The summed E-state index contributed by atoms with van der Waals surface area (Å²) >= 11 is 5.93. The highest BCUT2D eigenvalue weighted by Gasteiger charge is 2.19. The summed E-state index contributed by atoms with van der Waals surface area (Å²) in [5, 5.41) is 0.335. The van der Waals surface area contributed by atoms with Gasteiger partial charge in [0.25, 0.3) is 0 Å². The Balaban J connectivity index is 1.63. The van der Waals surface area contributed by atoms with Crippen molar-refractivity contribution in [1.82, 2.24) is 14.3 Å². The van der Waals surface area contributed by atoms with Crippen molar-refractivity contribution in [3.8, 4) is 17.1 Å². The first-order chi connectivity index (χ1) is 13.0. The standard InChI is InChI=1S/C19H20ClN3O3S/c1-26-17-9-8-16(20)14-18(17)27(24,25)22-10-5-12-23-13-11-21-19(23)15-6-3-2-4-7-15/h2-4,6-9,11,13-14,22H,5,10,12H2,1H3. The molecule has 3 aromatic rings. The van der Waals surface area contributed by atoms with Gasteiger partial charge in [-0.2, -0.15) is 0 Å². The van der Waals surface area contributed by atoms with E-state index in [-0.39, 0.29) is 17.2 Å². The van der Waals surface area contributed by atoms with E-state index >= 15 is 0 Å². The molecule has 0 amide bonds. The molecular weight excluding hydrogens is 386 g/mol. The Morgan fingerprint density at radius 1 is 1.19 bits per heavy atom. The van der Waals surface area contributed by atoms with Crippen LogP contribution in [-0.4, -0.2) is 31.6 Å². The number of nitrogens with one attached hydrogen (secondary N) is 1. The van der Waals surface area contributed by atoms with Crippen LogP contribution in [-0.2, 0) is 16.6 Å². The molecule has 0 fully saturated rings. The van der Waals surface area contributed by atoms with Gasteiger partial charge in [0, 0.05) is 36.1 Å². The highest BCUT2D eigenvalue weighted by molar-refractivity contribution is 7.89. The topological polar surface area (TPSA) is 73.2 Å². The number of halogens is 1. The highest BCUT2D eigenvalue weighted by atomic mass is 35.5. The van der Waals surface area contributed by atoms with E-state index in [0.717, 1.165) is 11.4 Å². The molecule has 0 unspecified atom stereocenters. The summed E-state index contributed by atoms with van der Waals surface area (Å²) in [6.07, 6.45) is 4.23. The lowest BCUT2D eigenvalue weighted by Crippen LogP contribution is -2.26. The van der Waals surface area contributed by atoms with Gasteiger partial charge < -0.3 is 9.30 Å². The molecule has 0 saturated heterocycles. The number of ether oxygens (including phenoxy) is 1. The second-order valence-corrected chi connectivity index (χ2v) is 8.03. The molecule has 0 atom stereocenters. The van der Waals surface area contributed by atoms with Crippen LogP contribution in [0.5, 0.6) is 5.75 Å². The minimum atomic E-state index is -3.71. The number of benzene rings is 2. The summed E-state index contributed by atoms with van der Waals surface area (Å²) in [5.74, 6) is 1.11. The van der Waals surface area contributed by atoms with Crippen LogP contribution in [0.2, 0.25) is 5.02 Å². The van der Waals surface area contributed by atoms with Gasteiger partial charge in [-0.05, 0) is 24.6 Å². The van der Waals surface area contributed by atoms with Crippen LogP contribution >= 0.6 is 11.6 Å². The Labute approximate surface area is 163 Å². The maximum Gasteiger partial charge on any atom is 0.244 e. The van der Waals surface area contributed by atoms with Crippen molar-refractivity contribution in [2.24, 2.45) is 0 Å². The molecule has 0 spiro atoms. The van der Waals surface area contributed by atoms with Crippen LogP contribution in [0.3, 0.4) is 0 Å². The monoisotopic (exact) mass is 405 g/mol. The summed E-state index contributed by atoms with van der Waals surface area (Å²) in [4.78, 5) is 4.42. The third-order valence-corrected chi connectivity index (χ3v) is 5.75. The van der Waals surface area contributed by atoms with E-state index in [1.54, 1.807) is 12.3 Å². The first-order valence-electron chi connectivity index (χ1n) is 8.41. The fraction of sp³-hybridized carbons (Fsp3) is 0.211. The molecular formula is C19H20ClN3O3S. The Morgan fingerprint density at radius 3 is 2.70 bits per heavy atom. The molecule has 0 aliphatic rings. The van der Waals surface area contributed by atoms with Crippen LogP contribution in [0.1, 0.15) is 6.42 Å². The van der Waals surface area contributed by atoms with E-state index in [4.69, 9.17) is 16.3 Å². The fourth-order valence-electron chi connectivity index (χ4n) is 2.73. The van der Waals surface area contributed by atoms with Crippen molar-refractivity contribution >= 4 is 21.6 Å². The fourth-order valence-corrected chi connectivity index (χ4v) is 4.24. The molecule has 27 heavy (non-hydrogen) atoms. The zero-order valence-electron chi connectivity index (χ0n) is 14.8. The van der Waals surface area contributed by atoms with Gasteiger partial charge in [-0.15, -0.1) is 0 Å². The van der Waals surface area contributed by atoms with Crippen molar-refractivity contribution in [2.75, 3.05) is 13.7 Å². The maximum atomic E-state index is 12.5. The summed E-state index contributed by atoms with van der Waals surface area (Å²) in [7, 11) is -2.29. The Hall–Kier alpha value is -2.35. The summed E-state index contributed by atoms with van der Waals surface area (Å²) < 4.78 is 34.8. The van der Waals surface area contributed by atoms with Crippen LogP contribution in [0.15, 0.2) is 65.8 Å². The number of aryl methyl sites for hydroxylation is 1. The highest BCUT2D eigenvalue weighted by Crippen LogP contribution is 2.26. The Morgan fingerprint density at radius 2 is 1.96 bits per heavy atom. The van der Waals surface area contributed by atoms with Crippen molar-refractivity contribution in [1.29, 1.82) is 0 Å². The van der Waals surface area contributed by atoms with E-state index in [1.807, 2.05) is 41.1 Å². The van der Waals surface area contributed by atoms with Gasteiger partial charge in [0.15, 0.2) is 0 Å². The normalized spacial score (nSPS) is 11.5. The lowest BCUT2D eigenvalue weighted by molar-refractivity contribution is 0.402. The van der Waals surface area contributed by atoms with Crippen LogP contribution in [0.25, 0.3) is 11.4 Å². The van der Waals surface area contributed by atoms with Crippen molar-refractivity contribution in [3.63, 3.8) is 0 Å². The van der Waals surface area contributed by atoms with E-state index in [2.05, 4.69) is 9.71 Å². The number of aromatic nitrogens is 2. The predicted molar refractivity (Wildman–Crippen MR) is 105 cm³/mol. The van der Waals surface area contributed by atoms with Crippen LogP contribution < -0.4 is 9.46 Å². The van der Waals surface area contributed by atoms with E-state index in [1.165, 1.54) is 19.2 Å². The first-order valence-corrected chi connectivity index (χ1v) is 10.3. The van der Waals surface area contributed by atoms with E-state index in [9.17, 15) is 8.42 Å². The molecule has 8 heteroatoms. The van der Waals surface area contributed by atoms with Crippen molar-refractivity contribution in [3.05, 3.63) is 65.9 Å². The summed E-state index contributed by atoms with van der Waals surface area (Å²) in [6.45, 7) is 0.920. The minimum absolute atomic E-state index is 0.0325. The minimum Gasteiger partial charge on any atom is -0.495 e. The quantitative estimate of drug-likeness (QED) is 0.581. The molecule has 2 aromatic carbocycles. The summed E-state index contributed by atoms with van der Waals surface area (Å²) in [5.41, 5.74) is 1.02. The zero-order chi connectivity index (χ0) is 19.3. The van der Waals surface area contributed by atoms with Gasteiger partial charge in [0.05, 0.1) is 7.11 Å². The average Bonchev–Trinajstić information content (AvgIpc) is 3.14. The van der Waals surface area contributed by atoms with Gasteiger partial charge in [0.1, 0.15) is 16.5 Å². The van der Waals surface area contributed by atoms with Gasteiger partial charge in [0.2, 0.25) is 10.0 Å². The molecule has 0 bridgehead atoms. The number of sulfonamides is 1. The molecule has 142 valence electrons.